The summed E-state index contributed by atoms with van der Waals surface area (Å²) in [5.41, 5.74) is 2.23. The number of carbonyl (C=O) groups is 1. The summed E-state index contributed by atoms with van der Waals surface area (Å²) in [4.78, 5) is 14.6. The second kappa shape index (κ2) is 7.75. The molecule has 0 aliphatic carbocycles. The highest BCUT2D eigenvalue weighted by molar-refractivity contribution is 5.95. The molecule has 2 aliphatic rings. The van der Waals surface area contributed by atoms with E-state index in [1.54, 1.807) is 0 Å². The summed E-state index contributed by atoms with van der Waals surface area (Å²) in [6, 6.07) is 8.32. The average Bonchev–Trinajstić information content (AvgIpc) is 2.95. The van der Waals surface area contributed by atoms with Crippen molar-refractivity contribution in [2.45, 2.75) is 51.1 Å². The molecule has 1 atom stereocenters. The second-order valence-corrected chi connectivity index (χ2v) is 6.53. The van der Waals surface area contributed by atoms with Crippen LogP contribution in [0.15, 0.2) is 24.3 Å². The van der Waals surface area contributed by atoms with Gasteiger partial charge >= 0.3 is 0 Å². The standard InChI is InChI=1S/C18H27N3O/c22-18(17-6-5-11-19-17)20-16-9-7-15(8-10-16)14-21-12-3-1-2-4-13-21/h7-10,17,19H,1-6,11-14H2,(H,20,22). The Morgan fingerprint density at radius 3 is 2.45 bits per heavy atom. The molecule has 120 valence electrons. The molecule has 1 aromatic rings. The number of hydrogen-bond acceptors (Lipinski definition) is 3. The van der Waals surface area contributed by atoms with Gasteiger partial charge in [-0.25, -0.2) is 0 Å². The van der Waals surface area contributed by atoms with Gasteiger partial charge in [-0.15, -0.1) is 0 Å². The number of hydrogen-bond donors (Lipinski definition) is 2. The fourth-order valence-electron chi connectivity index (χ4n) is 3.38. The average molecular weight is 301 g/mol. The summed E-state index contributed by atoms with van der Waals surface area (Å²) < 4.78 is 0. The Morgan fingerprint density at radius 2 is 1.82 bits per heavy atom. The number of likely N-dealkylation sites (tertiary alicyclic amines) is 1. The molecular formula is C18H27N3O. The van der Waals surface area contributed by atoms with E-state index in [9.17, 15) is 4.79 Å². The first-order chi connectivity index (χ1) is 10.8. The lowest BCUT2D eigenvalue weighted by Gasteiger charge is -2.20. The minimum absolute atomic E-state index is 0.0169. The van der Waals surface area contributed by atoms with Crippen LogP contribution in [0.4, 0.5) is 5.69 Å². The Balaban J connectivity index is 1.52. The van der Waals surface area contributed by atoms with E-state index < -0.39 is 0 Å². The number of nitrogens with one attached hydrogen (secondary N) is 2. The first-order valence-electron chi connectivity index (χ1n) is 8.67. The first-order valence-corrected chi connectivity index (χ1v) is 8.67. The van der Waals surface area contributed by atoms with Crippen molar-refractivity contribution in [3.8, 4) is 0 Å². The van der Waals surface area contributed by atoms with Gasteiger partial charge in [0, 0.05) is 12.2 Å². The van der Waals surface area contributed by atoms with Crippen molar-refractivity contribution in [2.24, 2.45) is 0 Å². The molecule has 1 amide bonds. The van der Waals surface area contributed by atoms with E-state index in [1.807, 2.05) is 12.1 Å². The number of nitrogens with zero attached hydrogens (tertiary/aromatic N) is 1. The number of anilines is 1. The van der Waals surface area contributed by atoms with E-state index in [2.05, 4.69) is 27.7 Å². The molecule has 2 saturated heterocycles. The van der Waals surface area contributed by atoms with E-state index >= 15 is 0 Å². The summed E-state index contributed by atoms with van der Waals surface area (Å²) in [5.74, 6) is 0.0952. The molecule has 2 fully saturated rings. The molecule has 2 heterocycles. The van der Waals surface area contributed by atoms with Crippen LogP contribution >= 0.6 is 0 Å². The third-order valence-electron chi connectivity index (χ3n) is 4.70. The molecule has 4 nitrogen and oxygen atoms in total. The second-order valence-electron chi connectivity index (χ2n) is 6.53. The molecule has 1 aromatic carbocycles. The molecule has 2 N–H and O–H groups in total. The maximum Gasteiger partial charge on any atom is 0.241 e. The maximum atomic E-state index is 12.1. The van der Waals surface area contributed by atoms with Crippen molar-refractivity contribution < 1.29 is 4.79 Å². The zero-order valence-electron chi connectivity index (χ0n) is 13.3. The molecule has 22 heavy (non-hydrogen) atoms. The number of benzene rings is 1. The smallest absolute Gasteiger partial charge is 0.241 e. The van der Waals surface area contributed by atoms with Crippen molar-refractivity contribution >= 4 is 11.6 Å². The van der Waals surface area contributed by atoms with Gasteiger partial charge in [0.15, 0.2) is 0 Å². The number of carbonyl (C=O) groups excluding carboxylic acids is 1. The molecule has 3 rings (SSSR count). The van der Waals surface area contributed by atoms with Crippen LogP contribution < -0.4 is 10.6 Å². The summed E-state index contributed by atoms with van der Waals surface area (Å²) in [6.07, 6.45) is 7.42. The van der Waals surface area contributed by atoms with E-state index in [4.69, 9.17) is 0 Å². The highest BCUT2D eigenvalue weighted by atomic mass is 16.2. The highest BCUT2D eigenvalue weighted by Gasteiger charge is 2.21. The van der Waals surface area contributed by atoms with Gasteiger partial charge in [-0.3, -0.25) is 9.69 Å². The Labute approximate surface area is 133 Å². The normalized spacial score (nSPS) is 23.2. The Kier molecular flexibility index (Phi) is 5.46. The van der Waals surface area contributed by atoms with E-state index in [1.165, 1.54) is 44.3 Å². The summed E-state index contributed by atoms with van der Waals surface area (Å²) in [5, 5.41) is 6.24. The maximum absolute atomic E-state index is 12.1. The third-order valence-corrected chi connectivity index (χ3v) is 4.70. The summed E-state index contributed by atoms with van der Waals surface area (Å²) in [6.45, 7) is 4.41. The molecule has 1 unspecified atom stereocenters. The molecule has 0 spiro atoms. The van der Waals surface area contributed by atoms with Crippen molar-refractivity contribution in [3.05, 3.63) is 29.8 Å². The van der Waals surface area contributed by atoms with Crippen LogP contribution in [0, 0.1) is 0 Å². The van der Waals surface area contributed by atoms with Crippen LogP contribution in [0.3, 0.4) is 0 Å². The summed E-state index contributed by atoms with van der Waals surface area (Å²) >= 11 is 0. The SMILES string of the molecule is O=C(Nc1ccc(CN2CCCCCC2)cc1)C1CCCN1. The summed E-state index contributed by atoms with van der Waals surface area (Å²) in [7, 11) is 0. The van der Waals surface area contributed by atoms with Gasteiger partial charge in [0.25, 0.3) is 0 Å². The first kappa shape index (κ1) is 15.5. The number of rotatable bonds is 4. The van der Waals surface area contributed by atoms with Gasteiger partial charge in [-0.05, 0) is 63.0 Å². The molecule has 0 aromatic heterocycles. The van der Waals surface area contributed by atoms with Crippen LogP contribution in [0.25, 0.3) is 0 Å². The lowest BCUT2D eigenvalue weighted by Crippen LogP contribution is -2.35. The Morgan fingerprint density at radius 1 is 1.09 bits per heavy atom. The van der Waals surface area contributed by atoms with Crippen LogP contribution in [0.1, 0.15) is 44.1 Å². The van der Waals surface area contributed by atoms with E-state index in [-0.39, 0.29) is 11.9 Å². The molecular weight excluding hydrogens is 274 g/mol. The van der Waals surface area contributed by atoms with Gasteiger partial charge < -0.3 is 10.6 Å². The zero-order chi connectivity index (χ0) is 15.2. The lowest BCUT2D eigenvalue weighted by atomic mass is 10.1. The fraction of sp³-hybridized carbons (Fsp3) is 0.611. The van der Waals surface area contributed by atoms with Gasteiger partial charge in [0.1, 0.15) is 0 Å². The van der Waals surface area contributed by atoms with Gasteiger partial charge in [-0.2, -0.15) is 0 Å². The third kappa shape index (κ3) is 4.31. The molecule has 2 aliphatic heterocycles. The molecule has 4 heteroatoms. The zero-order valence-corrected chi connectivity index (χ0v) is 13.3. The largest absolute Gasteiger partial charge is 0.325 e. The van der Waals surface area contributed by atoms with Crippen molar-refractivity contribution in [1.82, 2.24) is 10.2 Å². The van der Waals surface area contributed by atoms with Crippen molar-refractivity contribution in [3.63, 3.8) is 0 Å². The molecule has 0 bridgehead atoms. The topological polar surface area (TPSA) is 44.4 Å². The fourth-order valence-corrected chi connectivity index (χ4v) is 3.38. The number of amides is 1. The van der Waals surface area contributed by atoms with E-state index in [0.717, 1.165) is 31.6 Å². The van der Waals surface area contributed by atoms with Gasteiger partial charge in [-0.1, -0.05) is 25.0 Å². The Hall–Kier alpha value is -1.39. The van der Waals surface area contributed by atoms with Crippen molar-refractivity contribution in [2.75, 3.05) is 25.0 Å². The quantitative estimate of drug-likeness (QED) is 0.899. The van der Waals surface area contributed by atoms with E-state index in [0.29, 0.717) is 0 Å². The predicted molar refractivity (Wildman–Crippen MR) is 89.8 cm³/mol. The lowest BCUT2D eigenvalue weighted by molar-refractivity contribution is -0.117. The monoisotopic (exact) mass is 301 g/mol. The molecule has 0 radical (unpaired) electrons. The predicted octanol–water partition coefficient (Wildman–Crippen LogP) is 2.75. The minimum atomic E-state index is -0.0169. The van der Waals surface area contributed by atoms with Crippen LogP contribution in [-0.4, -0.2) is 36.5 Å². The van der Waals surface area contributed by atoms with Gasteiger partial charge in [0.05, 0.1) is 6.04 Å². The van der Waals surface area contributed by atoms with Crippen LogP contribution in [0.5, 0.6) is 0 Å². The van der Waals surface area contributed by atoms with Crippen LogP contribution in [-0.2, 0) is 11.3 Å². The van der Waals surface area contributed by atoms with Crippen molar-refractivity contribution in [1.29, 1.82) is 0 Å². The van der Waals surface area contributed by atoms with Crippen LogP contribution in [0.2, 0.25) is 0 Å². The highest BCUT2D eigenvalue weighted by Crippen LogP contribution is 2.16. The van der Waals surface area contributed by atoms with Gasteiger partial charge in [0.2, 0.25) is 5.91 Å². The Bertz CT molecular complexity index is 472. The minimum Gasteiger partial charge on any atom is -0.325 e. The molecule has 0 saturated carbocycles.